The number of hydrogen-bond donors (Lipinski definition) is 2. The van der Waals surface area contributed by atoms with E-state index in [0.29, 0.717) is 0 Å². The van der Waals surface area contributed by atoms with Crippen LogP contribution in [-0.2, 0) is 15.4 Å². The van der Waals surface area contributed by atoms with Gasteiger partial charge in [-0.15, -0.1) is 0 Å². The second-order valence-corrected chi connectivity index (χ2v) is 6.39. The van der Waals surface area contributed by atoms with Crippen molar-refractivity contribution in [3.05, 3.63) is 23.8 Å². The zero-order chi connectivity index (χ0) is 14.1. The van der Waals surface area contributed by atoms with Crippen molar-refractivity contribution >= 4 is 15.9 Å². The average molecular weight is 273 g/mol. The first-order valence-electron chi connectivity index (χ1n) is 5.06. The van der Waals surface area contributed by atoms with E-state index in [1.54, 1.807) is 0 Å². The van der Waals surface area contributed by atoms with Gasteiger partial charge in [0.05, 0.1) is 10.5 Å². The van der Waals surface area contributed by atoms with Crippen LogP contribution < -0.4 is 10.5 Å². The van der Waals surface area contributed by atoms with Gasteiger partial charge in [0, 0.05) is 11.8 Å². The zero-order valence-corrected chi connectivity index (χ0v) is 11.1. The Morgan fingerprint density at radius 3 is 2.33 bits per heavy atom. The van der Waals surface area contributed by atoms with Gasteiger partial charge in [0.1, 0.15) is 5.75 Å². The number of rotatable bonds is 3. The van der Waals surface area contributed by atoms with Gasteiger partial charge < -0.3 is 15.6 Å². The van der Waals surface area contributed by atoms with Crippen LogP contribution >= 0.6 is 0 Å². The van der Waals surface area contributed by atoms with E-state index in [1.807, 2.05) is 0 Å². The second kappa shape index (κ2) is 4.58. The average Bonchev–Trinajstić information content (AvgIpc) is 2.13. The summed E-state index contributed by atoms with van der Waals surface area (Å²) in [7, 11) is -3.49. The monoisotopic (exact) mass is 273 g/mol. The Morgan fingerprint density at radius 1 is 1.39 bits per heavy atom. The van der Waals surface area contributed by atoms with Gasteiger partial charge in [-0.25, -0.2) is 13.2 Å². The fourth-order valence-corrected chi connectivity index (χ4v) is 2.51. The minimum atomic E-state index is -3.49. The molecule has 1 amide bonds. The van der Waals surface area contributed by atoms with Crippen molar-refractivity contribution in [1.29, 1.82) is 0 Å². The highest BCUT2D eigenvalue weighted by molar-refractivity contribution is 7.90. The number of aliphatic hydroxyl groups is 1. The molecule has 18 heavy (non-hydrogen) atoms. The molecular weight excluding hydrogens is 258 g/mol. The van der Waals surface area contributed by atoms with Crippen LogP contribution in [-0.4, -0.2) is 25.9 Å². The van der Waals surface area contributed by atoms with Crippen LogP contribution in [0.15, 0.2) is 23.1 Å². The molecule has 0 atom stereocenters. The largest absolute Gasteiger partial charge is 0.410 e. The third-order valence-corrected chi connectivity index (χ3v) is 3.38. The summed E-state index contributed by atoms with van der Waals surface area (Å²) < 4.78 is 27.8. The molecule has 0 radical (unpaired) electrons. The molecule has 0 fully saturated rings. The molecule has 0 spiro atoms. The number of hydrogen-bond acceptors (Lipinski definition) is 5. The second-order valence-electron chi connectivity index (χ2n) is 4.41. The lowest BCUT2D eigenvalue weighted by atomic mass is 9.98. The maximum atomic E-state index is 11.6. The standard InChI is InChI=1S/C11H15NO5S/c1-11(2,14)8-6-7(17-10(12)13)4-5-9(8)18(3,15)16/h4-6,14H,1-3H3,(H2,12,13). The van der Waals surface area contributed by atoms with Gasteiger partial charge in [0.15, 0.2) is 9.84 Å². The molecule has 0 aliphatic rings. The Hall–Kier alpha value is -1.60. The molecule has 7 heteroatoms. The number of sulfone groups is 1. The molecule has 1 aromatic carbocycles. The third-order valence-electron chi connectivity index (χ3n) is 2.23. The van der Waals surface area contributed by atoms with Crippen LogP contribution in [0.5, 0.6) is 5.75 Å². The third kappa shape index (κ3) is 3.44. The highest BCUT2D eigenvalue weighted by Crippen LogP contribution is 2.30. The molecule has 1 aromatic rings. The minimum Gasteiger partial charge on any atom is -0.410 e. The molecule has 6 nitrogen and oxygen atoms in total. The van der Waals surface area contributed by atoms with Crippen molar-refractivity contribution in [3.63, 3.8) is 0 Å². The summed E-state index contributed by atoms with van der Waals surface area (Å²) in [6, 6.07) is 3.85. The van der Waals surface area contributed by atoms with Crippen LogP contribution in [0.4, 0.5) is 4.79 Å². The summed E-state index contributed by atoms with van der Waals surface area (Å²) >= 11 is 0. The molecule has 0 saturated heterocycles. The van der Waals surface area contributed by atoms with E-state index in [4.69, 9.17) is 5.73 Å². The van der Waals surface area contributed by atoms with Crippen molar-refractivity contribution < 1.29 is 23.1 Å². The molecule has 0 aliphatic carbocycles. The van der Waals surface area contributed by atoms with E-state index in [-0.39, 0.29) is 16.2 Å². The SMILES string of the molecule is CC(C)(O)c1cc(OC(N)=O)ccc1S(C)(=O)=O. The number of primary amides is 1. The highest BCUT2D eigenvalue weighted by atomic mass is 32.2. The fraction of sp³-hybridized carbons (Fsp3) is 0.364. The Balaban J connectivity index is 3.44. The Labute approximate surface area is 105 Å². The first-order chi connectivity index (χ1) is 8.01. The van der Waals surface area contributed by atoms with Gasteiger partial charge in [-0.2, -0.15) is 0 Å². The lowest BCUT2D eigenvalue weighted by Gasteiger charge is -2.21. The summed E-state index contributed by atoms with van der Waals surface area (Å²) in [5, 5.41) is 9.96. The van der Waals surface area contributed by atoms with Crippen molar-refractivity contribution in [1.82, 2.24) is 0 Å². The lowest BCUT2D eigenvalue weighted by Crippen LogP contribution is -2.21. The summed E-state index contributed by atoms with van der Waals surface area (Å²) in [5.74, 6) is 0.0759. The summed E-state index contributed by atoms with van der Waals surface area (Å²) in [6.07, 6.45) is 0.0235. The van der Waals surface area contributed by atoms with Crippen molar-refractivity contribution in [3.8, 4) is 5.75 Å². The number of nitrogens with two attached hydrogens (primary N) is 1. The molecule has 0 bridgehead atoms. The number of amides is 1. The van der Waals surface area contributed by atoms with E-state index in [2.05, 4.69) is 4.74 Å². The van der Waals surface area contributed by atoms with Gasteiger partial charge >= 0.3 is 6.09 Å². The fourth-order valence-electron chi connectivity index (χ4n) is 1.49. The maximum Gasteiger partial charge on any atom is 0.409 e. The molecule has 0 aromatic heterocycles. The van der Waals surface area contributed by atoms with E-state index in [1.165, 1.54) is 32.0 Å². The molecule has 3 N–H and O–H groups in total. The zero-order valence-electron chi connectivity index (χ0n) is 10.3. The lowest BCUT2D eigenvalue weighted by molar-refractivity contribution is 0.0752. The first kappa shape index (κ1) is 14.5. The van der Waals surface area contributed by atoms with Crippen molar-refractivity contribution in [2.24, 2.45) is 5.73 Å². The molecule has 1 rings (SSSR count). The number of carbonyl (C=O) groups excluding carboxylic acids is 1. The minimum absolute atomic E-state index is 0.0215. The number of carbonyl (C=O) groups is 1. The summed E-state index contributed by atoms with van der Waals surface area (Å²) in [5.41, 5.74) is 3.61. The topological polar surface area (TPSA) is 107 Å². The van der Waals surface area contributed by atoms with Gasteiger partial charge in [0.25, 0.3) is 0 Å². The van der Waals surface area contributed by atoms with Gasteiger partial charge in [0.2, 0.25) is 0 Å². The Morgan fingerprint density at radius 2 is 1.94 bits per heavy atom. The smallest absolute Gasteiger partial charge is 0.409 e. The van der Waals surface area contributed by atoms with E-state index >= 15 is 0 Å². The van der Waals surface area contributed by atoms with Gasteiger partial charge in [-0.1, -0.05) is 0 Å². The maximum absolute atomic E-state index is 11.6. The van der Waals surface area contributed by atoms with Gasteiger partial charge in [-0.05, 0) is 32.0 Å². The van der Waals surface area contributed by atoms with E-state index in [0.717, 1.165) is 6.26 Å². The molecule has 0 heterocycles. The van der Waals surface area contributed by atoms with Crippen LogP contribution in [0.25, 0.3) is 0 Å². The normalized spacial score (nSPS) is 12.2. The predicted molar refractivity (Wildman–Crippen MR) is 65.0 cm³/mol. The van der Waals surface area contributed by atoms with Crippen molar-refractivity contribution in [2.45, 2.75) is 24.3 Å². The number of ether oxygens (including phenoxy) is 1. The Bertz CT molecular complexity index is 572. The van der Waals surface area contributed by atoms with E-state index in [9.17, 15) is 18.3 Å². The van der Waals surface area contributed by atoms with Gasteiger partial charge in [-0.3, -0.25) is 0 Å². The predicted octanol–water partition coefficient (Wildman–Crippen LogP) is 0.775. The first-order valence-corrected chi connectivity index (χ1v) is 6.95. The molecular formula is C11H15NO5S. The highest BCUT2D eigenvalue weighted by Gasteiger charge is 2.25. The van der Waals surface area contributed by atoms with Crippen LogP contribution in [0.3, 0.4) is 0 Å². The van der Waals surface area contributed by atoms with Crippen LogP contribution in [0.2, 0.25) is 0 Å². The number of benzene rings is 1. The van der Waals surface area contributed by atoms with Crippen LogP contribution in [0.1, 0.15) is 19.4 Å². The van der Waals surface area contributed by atoms with Crippen molar-refractivity contribution in [2.75, 3.05) is 6.26 Å². The molecule has 0 aliphatic heterocycles. The summed E-state index contributed by atoms with van der Waals surface area (Å²) in [4.78, 5) is 10.6. The summed E-state index contributed by atoms with van der Waals surface area (Å²) in [6.45, 7) is 2.87. The molecule has 100 valence electrons. The Kier molecular flexibility index (Phi) is 3.68. The molecule has 0 saturated carbocycles. The van der Waals surface area contributed by atoms with E-state index < -0.39 is 21.5 Å². The quantitative estimate of drug-likeness (QED) is 0.846. The molecule has 0 unspecified atom stereocenters. The van der Waals surface area contributed by atoms with Crippen LogP contribution in [0, 0.1) is 0 Å².